The number of rotatable bonds is 3. The molecule has 2 N–H and O–H groups in total. The van der Waals surface area contributed by atoms with E-state index in [-0.39, 0.29) is 6.04 Å². The highest BCUT2D eigenvalue weighted by molar-refractivity contribution is 5.38. The zero-order valence-corrected chi connectivity index (χ0v) is 10.4. The van der Waals surface area contributed by atoms with Gasteiger partial charge in [0.15, 0.2) is 0 Å². The van der Waals surface area contributed by atoms with Gasteiger partial charge in [0.2, 0.25) is 6.08 Å². The van der Waals surface area contributed by atoms with E-state index in [4.69, 9.17) is 0 Å². The van der Waals surface area contributed by atoms with Crippen molar-refractivity contribution < 1.29 is 4.79 Å². The first-order valence-electron chi connectivity index (χ1n) is 5.66. The van der Waals surface area contributed by atoms with Gasteiger partial charge in [0.1, 0.15) is 0 Å². The fraction of sp³-hybridized carbons (Fsp3) is 0.167. The van der Waals surface area contributed by atoms with Crippen molar-refractivity contribution in [2.24, 2.45) is 4.99 Å². The zero-order chi connectivity index (χ0) is 14.7. The molecule has 0 amide bonds. The number of aromatic nitrogens is 3. The number of nitrogens with one attached hydrogen (secondary N) is 2. The minimum absolute atomic E-state index is 0.290. The monoisotopic (exact) mass is 274 g/mol. The Balaban J connectivity index is 2.51. The minimum Gasteiger partial charge on any atom is -0.258 e. The highest BCUT2D eigenvalue weighted by atomic mass is 16.2. The average Bonchev–Trinajstić information content (AvgIpc) is 2.38. The molecule has 102 valence electrons. The lowest BCUT2D eigenvalue weighted by atomic mass is 10.1. The summed E-state index contributed by atoms with van der Waals surface area (Å²) in [5.74, 6) is 0. The minimum atomic E-state index is -0.859. The molecule has 0 saturated carbocycles. The standard InChI is InChI=1S/C12H10N4O4/c1-7(13-6-17)8-2-4-9(5-3-8)16-11(19)14-10(18)15-12(16)20/h2-5,7H,1H3,(H2,14,15,18,19,20). The highest BCUT2D eigenvalue weighted by Gasteiger charge is 2.07. The van der Waals surface area contributed by atoms with Crippen molar-refractivity contribution in [3.63, 3.8) is 0 Å². The van der Waals surface area contributed by atoms with Gasteiger partial charge in [-0.1, -0.05) is 12.1 Å². The normalized spacial score (nSPS) is 11.7. The van der Waals surface area contributed by atoms with Crippen LogP contribution in [-0.2, 0) is 4.79 Å². The number of benzene rings is 1. The van der Waals surface area contributed by atoms with E-state index in [9.17, 15) is 19.2 Å². The molecule has 0 aliphatic rings. The van der Waals surface area contributed by atoms with Crippen molar-refractivity contribution in [3.05, 3.63) is 61.3 Å². The maximum atomic E-state index is 11.6. The maximum Gasteiger partial charge on any atom is 0.338 e. The van der Waals surface area contributed by atoms with Crippen LogP contribution in [0, 0.1) is 0 Å². The summed E-state index contributed by atoms with van der Waals surface area (Å²) in [6.07, 6.45) is 1.46. The van der Waals surface area contributed by atoms with Gasteiger partial charge in [0.05, 0.1) is 11.7 Å². The SMILES string of the molecule is CC(N=C=O)c1ccc(-n2c(=O)[nH]c(=O)[nH]c2=O)cc1. The van der Waals surface area contributed by atoms with Crippen LogP contribution in [0.15, 0.2) is 43.6 Å². The molecule has 1 atom stereocenters. The molecule has 0 bridgehead atoms. The summed E-state index contributed by atoms with van der Waals surface area (Å²) in [7, 11) is 0. The van der Waals surface area contributed by atoms with E-state index in [2.05, 4.69) is 4.99 Å². The van der Waals surface area contributed by atoms with Gasteiger partial charge in [0.25, 0.3) is 0 Å². The molecule has 0 fully saturated rings. The van der Waals surface area contributed by atoms with Crippen LogP contribution < -0.4 is 17.1 Å². The lowest BCUT2D eigenvalue weighted by Gasteiger charge is -2.07. The van der Waals surface area contributed by atoms with Crippen LogP contribution in [0.4, 0.5) is 0 Å². The Morgan fingerprint density at radius 3 is 2.15 bits per heavy atom. The summed E-state index contributed by atoms with van der Waals surface area (Å²) in [6, 6.07) is 5.91. The highest BCUT2D eigenvalue weighted by Crippen LogP contribution is 2.16. The van der Waals surface area contributed by atoms with E-state index >= 15 is 0 Å². The number of aliphatic imine (C=N–C) groups is 1. The molecular weight excluding hydrogens is 264 g/mol. The molecule has 1 heterocycles. The Bertz CT molecular complexity index is 803. The van der Waals surface area contributed by atoms with Crippen LogP contribution in [0.5, 0.6) is 0 Å². The number of hydrogen-bond acceptors (Lipinski definition) is 5. The molecular formula is C12H10N4O4. The molecule has 0 spiro atoms. The third-order valence-electron chi connectivity index (χ3n) is 2.73. The van der Waals surface area contributed by atoms with E-state index in [1.165, 1.54) is 18.2 Å². The number of hydrogen-bond donors (Lipinski definition) is 2. The molecule has 0 saturated heterocycles. The van der Waals surface area contributed by atoms with Crippen LogP contribution >= 0.6 is 0 Å². The number of H-pyrrole nitrogens is 2. The molecule has 1 aromatic carbocycles. The summed E-state index contributed by atoms with van der Waals surface area (Å²) in [4.78, 5) is 51.8. The quantitative estimate of drug-likeness (QED) is 0.585. The topological polar surface area (TPSA) is 117 Å². The van der Waals surface area contributed by atoms with Crippen LogP contribution in [0.2, 0.25) is 0 Å². The van der Waals surface area contributed by atoms with E-state index in [1.54, 1.807) is 19.1 Å². The summed E-state index contributed by atoms with van der Waals surface area (Å²) in [5, 5.41) is 0. The van der Waals surface area contributed by atoms with Crippen LogP contribution in [0.25, 0.3) is 5.69 Å². The van der Waals surface area contributed by atoms with Gasteiger partial charge in [0, 0.05) is 0 Å². The Hall–Kier alpha value is -2.99. The molecule has 0 aliphatic carbocycles. The number of isocyanates is 1. The Kier molecular flexibility index (Phi) is 3.58. The lowest BCUT2D eigenvalue weighted by Crippen LogP contribution is -2.42. The van der Waals surface area contributed by atoms with E-state index in [1.807, 2.05) is 9.97 Å². The third kappa shape index (κ3) is 2.55. The molecule has 0 aliphatic heterocycles. The Morgan fingerprint density at radius 2 is 1.65 bits per heavy atom. The van der Waals surface area contributed by atoms with Gasteiger partial charge in [-0.2, -0.15) is 4.99 Å². The zero-order valence-electron chi connectivity index (χ0n) is 10.4. The van der Waals surface area contributed by atoms with Crippen molar-refractivity contribution in [2.45, 2.75) is 13.0 Å². The predicted octanol–water partition coefficient (Wildman–Crippen LogP) is -0.389. The van der Waals surface area contributed by atoms with Crippen LogP contribution in [0.3, 0.4) is 0 Å². The fourth-order valence-electron chi connectivity index (χ4n) is 1.72. The second-order valence-electron chi connectivity index (χ2n) is 4.01. The molecule has 1 unspecified atom stereocenters. The van der Waals surface area contributed by atoms with Crippen molar-refractivity contribution in [3.8, 4) is 5.69 Å². The largest absolute Gasteiger partial charge is 0.338 e. The van der Waals surface area contributed by atoms with Gasteiger partial charge in [-0.15, -0.1) is 0 Å². The summed E-state index contributed by atoms with van der Waals surface area (Å²) < 4.78 is 0.791. The summed E-state index contributed by atoms with van der Waals surface area (Å²) in [5.41, 5.74) is -1.50. The number of carbonyl (C=O) groups excluding carboxylic acids is 1. The first kappa shape index (κ1) is 13.4. The van der Waals surface area contributed by atoms with E-state index in [0.29, 0.717) is 5.69 Å². The van der Waals surface area contributed by atoms with Gasteiger partial charge in [-0.3, -0.25) is 9.97 Å². The molecule has 2 rings (SSSR count). The van der Waals surface area contributed by atoms with Crippen molar-refractivity contribution in [1.29, 1.82) is 0 Å². The predicted molar refractivity (Wildman–Crippen MR) is 69.8 cm³/mol. The number of nitrogens with zero attached hydrogens (tertiary/aromatic N) is 2. The summed E-state index contributed by atoms with van der Waals surface area (Å²) in [6.45, 7) is 1.71. The van der Waals surface area contributed by atoms with Crippen molar-refractivity contribution in [2.75, 3.05) is 0 Å². The average molecular weight is 274 g/mol. The van der Waals surface area contributed by atoms with Gasteiger partial charge >= 0.3 is 17.1 Å². The molecule has 8 nitrogen and oxygen atoms in total. The molecule has 1 aromatic heterocycles. The van der Waals surface area contributed by atoms with Gasteiger partial charge in [-0.25, -0.2) is 23.7 Å². The Morgan fingerprint density at radius 1 is 1.10 bits per heavy atom. The Labute approximate surface area is 111 Å². The van der Waals surface area contributed by atoms with E-state index < -0.39 is 17.1 Å². The third-order valence-corrected chi connectivity index (χ3v) is 2.73. The lowest BCUT2D eigenvalue weighted by molar-refractivity contribution is 0.559. The fourth-order valence-corrected chi connectivity index (χ4v) is 1.72. The number of aromatic amines is 2. The van der Waals surface area contributed by atoms with Crippen LogP contribution in [-0.4, -0.2) is 20.6 Å². The van der Waals surface area contributed by atoms with Gasteiger partial charge in [-0.05, 0) is 24.6 Å². The molecule has 0 radical (unpaired) electrons. The van der Waals surface area contributed by atoms with E-state index in [0.717, 1.165) is 10.1 Å². The maximum absolute atomic E-state index is 11.6. The first-order chi connectivity index (χ1) is 9.52. The first-order valence-corrected chi connectivity index (χ1v) is 5.66. The van der Waals surface area contributed by atoms with Crippen LogP contribution in [0.1, 0.15) is 18.5 Å². The smallest absolute Gasteiger partial charge is 0.258 e. The summed E-state index contributed by atoms with van der Waals surface area (Å²) >= 11 is 0. The molecule has 20 heavy (non-hydrogen) atoms. The second kappa shape index (κ2) is 5.33. The molecule has 8 heteroatoms. The molecule has 2 aromatic rings. The van der Waals surface area contributed by atoms with Gasteiger partial charge < -0.3 is 0 Å². The second-order valence-corrected chi connectivity index (χ2v) is 4.01. The van der Waals surface area contributed by atoms with Crippen molar-refractivity contribution >= 4 is 6.08 Å². The van der Waals surface area contributed by atoms with Crippen molar-refractivity contribution in [1.82, 2.24) is 14.5 Å².